The summed E-state index contributed by atoms with van der Waals surface area (Å²) < 4.78 is 0. The molecule has 1 saturated heterocycles. The van der Waals surface area contributed by atoms with Gasteiger partial charge >= 0.3 is 0 Å². The highest BCUT2D eigenvalue weighted by molar-refractivity contribution is 5.98. The minimum Gasteiger partial charge on any atom is -0.363 e. The maximum absolute atomic E-state index is 13.5. The predicted molar refractivity (Wildman–Crippen MR) is 182 cm³/mol. The molecule has 1 unspecified atom stereocenters. The Hall–Kier alpha value is -4.57. The first-order chi connectivity index (χ1) is 22.3. The summed E-state index contributed by atoms with van der Waals surface area (Å²) in [4.78, 5) is 52.4. The van der Waals surface area contributed by atoms with Crippen molar-refractivity contribution in [3.05, 3.63) is 72.6 Å². The van der Waals surface area contributed by atoms with E-state index in [4.69, 9.17) is 0 Å². The number of benzene rings is 2. The minimum absolute atomic E-state index is 0.0678. The molecule has 1 aliphatic rings. The lowest BCUT2D eigenvalue weighted by atomic mass is 10.0. The molecule has 1 fully saturated rings. The topological polar surface area (TPSA) is 132 Å². The van der Waals surface area contributed by atoms with E-state index in [0.717, 1.165) is 73.2 Å². The van der Waals surface area contributed by atoms with Gasteiger partial charge in [-0.05, 0) is 82.4 Å². The van der Waals surface area contributed by atoms with Crippen LogP contribution in [0.5, 0.6) is 0 Å². The van der Waals surface area contributed by atoms with Gasteiger partial charge in [0, 0.05) is 23.8 Å². The number of aromatic amines is 1. The molecule has 2 aromatic heterocycles. The van der Waals surface area contributed by atoms with Crippen molar-refractivity contribution >= 4 is 40.1 Å². The maximum Gasteiger partial charge on any atom is 0.246 e. The van der Waals surface area contributed by atoms with E-state index >= 15 is 0 Å². The second kappa shape index (κ2) is 15.6. The third-order valence-electron chi connectivity index (χ3n) is 8.77. The van der Waals surface area contributed by atoms with Crippen molar-refractivity contribution in [1.29, 1.82) is 0 Å². The van der Waals surface area contributed by atoms with E-state index in [-0.39, 0.29) is 29.7 Å². The van der Waals surface area contributed by atoms with Gasteiger partial charge in [-0.15, -0.1) is 0 Å². The van der Waals surface area contributed by atoms with E-state index in [1.807, 2.05) is 55.6 Å². The van der Waals surface area contributed by atoms with Crippen LogP contribution in [0.2, 0.25) is 0 Å². The molecule has 2 aromatic carbocycles. The van der Waals surface area contributed by atoms with Gasteiger partial charge < -0.3 is 25.7 Å². The summed E-state index contributed by atoms with van der Waals surface area (Å²) in [6.07, 6.45) is 7.83. The lowest BCUT2D eigenvalue weighted by molar-refractivity contribution is -0.131. The third-order valence-corrected chi connectivity index (χ3v) is 8.77. The number of hydrogen-bond donors (Lipinski definition) is 4. The summed E-state index contributed by atoms with van der Waals surface area (Å²) in [6.45, 7) is 4.57. The molecule has 46 heavy (non-hydrogen) atoms. The quantitative estimate of drug-likeness (QED) is 0.122. The van der Waals surface area contributed by atoms with Crippen LogP contribution >= 0.6 is 0 Å². The van der Waals surface area contributed by atoms with Crippen molar-refractivity contribution in [2.24, 2.45) is 0 Å². The zero-order chi connectivity index (χ0) is 32.5. The molecule has 1 aliphatic heterocycles. The minimum atomic E-state index is -0.656. The molecular weight excluding hydrogens is 578 g/mol. The Kier molecular flexibility index (Phi) is 11.1. The summed E-state index contributed by atoms with van der Waals surface area (Å²) >= 11 is 0. The highest BCUT2D eigenvalue weighted by Gasteiger charge is 2.29. The number of aromatic nitrogens is 3. The van der Waals surface area contributed by atoms with E-state index in [1.165, 1.54) is 5.56 Å². The smallest absolute Gasteiger partial charge is 0.246 e. The molecule has 0 radical (unpaired) electrons. The average Bonchev–Trinajstić information content (AvgIpc) is 3.50. The number of rotatable bonds is 14. The first kappa shape index (κ1) is 32.8. The predicted octanol–water partition coefficient (Wildman–Crippen LogP) is 6.25. The first-order valence-corrected chi connectivity index (χ1v) is 16.3. The Morgan fingerprint density at radius 2 is 1.78 bits per heavy atom. The number of nitrogens with zero attached hydrogens (tertiary/aromatic N) is 3. The first-order valence-electron chi connectivity index (χ1n) is 16.3. The molecule has 0 bridgehead atoms. The van der Waals surface area contributed by atoms with Crippen molar-refractivity contribution in [1.82, 2.24) is 25.2 Å². The average molecular weight is 624 g/mol. The number of fused-ring (bicyclic) bond motifs is 1. The van der Waals surface area contributed by atoms with Crippen molar-refractivity contribution in [3.8, 4) is 11.3 Å². The standard InChI is InChI=1S/C36H45N7O3/c1-24(44)12-6-4-9-15-30(42-36(46)32-16-10-11-21-43(32)3)35(45)40-28-19-17-27(18-20-28)31-22-29-33(37-23-38-34(29)41-31)39-25(2)26-13-7-5-8-14-26/h5,7-8,13-14,17-20,22-23,25,30,32H,4,6,9-12,15-16,21H2,1-3H3,(H,40,45)(H,42,46)(H2,37,38,39,41)/t25-,30+,32?/m1/s1. The lowest BCUT2D eigenvalue weighted by Gasteiger charge is -2.32. The van der Waals surface area contributed by atoms with Crippen LogP contribution in [0.25, 0.3) is 22.3 Å². The summed E-state index contributed by atoms with van der Waals surface area (Å²) in [7, 11) is 1.96. The van der Waals surface area contributed by atoms with Crippen molar-refractivity contribution in [2.45, 2.75) is 83.3 Å². The van der Waals surface area contributed by atoms with Crippen LogP contribution in [0.4, 0.5) is 11.5 Å². The number of anilines is 2. The lowest BCUT2D eigenvalue weighted by Crippen LogP contribution is -2.53. The van der Waals surface area contributed by atoms with Gasteiger partial charge in [-0.25, -0.2) is 9.97 Å². The Morgan fingerprint density at radius 3 is 2.52 bits per heavy atom. The van der Waals surface area contributed by atoms with Crippen molar-refractivity contribution in [2.75, 3.05) is 24.2 Å². The number of nitrogens with one attached hydrogen (secondary N) is 4. The molecule has 0 aliphatic carbocycles. The number of Topliss-reactive ketones (excluding diaryl/α,β-unsaturated/α-hetero) is 1. The van der Waals surface area contributed by atoms with Gasteiger partial charge in [-0.1, -0.05) is 61.7 Å². The van der Waals surface area contributed by atoms with E-state index < -0.39 is 6.04 Å². The number of carbonyl (C=O) groups is 3. The van der Waals surface area contributed by atoms with Gasteiger partial charge in [0.1, 0.15) is 29.6 Å². The molecule has 3 heterocycles. The van der Waals surface area contributed by atoms with E-state index in [0.29, 0.717) is 18.5 Å². The largest absolute Gasteiger partial charge is 0.363 e. The van der Waals surface area contributed by atoms with Crippen LogP contribution in [-0.4, -0.2) is 63.1 Å². The Balaban J connectivity index is 1.25. The number of H-pyrrole nitrogens is 1. The molecule has 242 valence electrons. The molecule has 10 heteroatoms. The number of amides is 2. The van der Waals surface area contributed by atoms with Gasteiger partial charge in [0.25, 0.3) is 0 Å². The molecule has 0 spiro atoms. The number of piperidine rings is 1. The Bertz CT molecular complexity index is 1620. The molecular formula is C36H45N7O3. The normalized spacial score (nSPS) is 16.5. The SMILES string of the molecule is CC(=O)CCCCC[C@H](NC(=O)C1CCCCN1C)C(=O)Nc1ccc(-c2cc3c(N[C@H](C)c4ccccc4)ncnc3[nH]2)cc1. The number of unbranched alkanes of at least 4 members (excludes halogenated alkanes) is 2. The van der Waals surface area contributed by atoms with Crippen molar-refractivity contribution < 1.29 is 14.4 Å². The maximum atomic E-state index is 13.5. The molecule has 2 amide bonds. The highest BCUT2D eigenvalue weighted by atomic mass is 16.2. The van der Waals surface area contributed by atoms with E-state index in [2.05, 4.69) is 54.9 Å². The molecule has 5 rings (SSSR count). The Labute approximate surface area is 270 Å². The van der Waals surface area contributed by atoms with Gasteiger partial charge in [0.15, 0.2) is 0 Å². The fraction of sp³-hybridized carbons (Fsp3) is 0.417. The number of likely N-dealkylation sites (N-methyl/N-ethyl adjacent to an activating group) is 1. The zero-order valence-electron chi connectivity index (χ0n) is 27.0. The zero-order valence-corrected chi connectivity index (χ0v) is 27.0. The monoisotopic (exact) mass is 623 g/mol. The van der Waals surface area contributed by atoms with Gasteiger partial charge in [0.2, 0.25) is 11.8 Å². The highest BCUT2D eigenvalue weighted by Crippen LogP contribution is 2.29. The number of carbonyl (C=O) groups excluding carboxylic acids is 3. The van der Waals surface area contributed by atoms with Gasteiger partial charge in [-0.2, -0.15) is 0 Å². The van der Waals surface area contributed by atoms with Crippen LogP contribution in [-0.2, 0) is 14.4 Å². The van der Waals surface area contributed by atoms with Gasteiger partial charge in [0.05, 0.1) is 11.4 Å². The molecule has 4 N–H and O–H groups in total. The summed E-state index contributed by atoms with van der Waals surface area (Å²) in [5, 5.41) is 10.4. The fourth-order valence-corrected chi connectivity index (χ4v) is 6.05. The second-order valence-electron chi connectivity index (χ2n) is 12.4. The summed E-state index contributed by atoms with van der Waals surface area (Å²) in [5.41, 5.74) is 4.37. The molecule has 10 nitrogen and oxygen atoms in total. The molecule has 3 atom stereocenters. The summed E-state index contributed by atoms with van der Waals surface area (Å²) in [6, 6.07) is 19.0. The van der Waals surface area contributed by atoms with Gasteiger partial charge in [-0.3, -0.25) is 14.5 Å². The van der Waals surface area contributed by atoms with E-state index in [9.17, 15) is 14.4 Å². The molecule has 0 saturated carbocycles. The number of likely N-dealkylation sites (tertiary alicyclic amines) is 1. The van der Waals surface area contributed by atoms with Crippen LogP contribution in [0.3, 0.4) is 0 Å². The van der Waals surface area contributed by atoms with Crippen molar-refractivity contribution in [3.63, 3.8) is 0 Å². The molecule has 4 aromatic rings. The second-order valence-corrected chi connectivity index (χ2v) is 12.4. The van der Waals surface area contributed by atoms with Crippen LogP contribution < -0.4 is 16.0 Å². The van der Waals surface area contributed by atoms with Crippen LogP contribution in [0.15, 0.2) is 67.0 Å². The Morgan fingerprint density at radius 1 is 1.00 bits per heavy atom. The fourth-order valence-electron chi connectivity index (χ4n) is 6.05. The summed E-state index contributed by atoms with van der Waals surface area (Å²) in [5.74, 6) is 0.577. The van der Waals surface area contributed by atoms with Crippen LogP contribution in [0.1, 0.15) is 76.8 Å². The third kappa shape index (κ3) is 8.57. The van der Waals surface area contributed by atoms with Crippen LogP contribution in [0, 0.1) is 0 Å². The van der Waals surface area contributed by atoms with E-state index in [1.54, 1.807) is 13.3 Å². The number of ketones is 1. The number of hydrogen-bond acceptors (Lipinski definition) is 7.